The largest absolute Gasteiger partial charge is 0.385 e. The van der Waals surface area contributed by atoms with E-state index < -0.39 is 0 Å². The van der Waals surface area contributed by atoms with Gasteiger partial charge in [-0.1, -0.05) is 6.07 Å². The van der Waals surface area contributed by atoms with Crippen LogP contribution in [-0.4, -0.2) is 37.6 Å². The fourth-order valence-electron chi connectivity index (χ4n) is 2.61. The molecule has 2 rings (SSSR count). The molecule has 0 aromatic heterocycles. The Labute approximate surface area is 120 Å². The average molecular weight is 272 g/mol. The van der Waals surface area contributed by atoms with Gasteiger partial charge in [-0.2, -0.15) is 5.26 Å². The van der Waals surface area contributed by atoms with Crippen molar-refractivity contribution >= 4 is 5.91 Å². The Hall–Kier alpha value is -1.86. The van der Waals surface area contributed by atoms with Crippen molar-refractivity contribution < 1.29 is 9.53 Å². The Balaban J connectivity index is 1.93. The van der Waals surface area contributed by atoms with Crippen molar-refractivity contribution in [2.75, 3.05) is 26.8 Å². The molecule has 0 radical (unpaired) electrons. The van der Waals surface area contributed by atoms with Crippen molar-refractivity contribution in [1.29, 1.82) is 5.26 Å². The molecule has 0 aliphatic carbocycles. The highest BCUT2D eigenvalue weighted by Crippen LogP contribution is 2.22. The van der Waals surface area contributed by atoms with Crippen LogP contribution in [0.25, 0.3) is 0 Å². The lowest BCUT2D eigenvalue weighted by atomic mass is 9.93. The molecule has 0 N–H and O–H groups in total. The number of hydrogen-bond donors (Lipinski definition) is 0. The first kappa shape index (κ1) is 14.5. The van der Waals surface area contributed by atoms with Crippen LogP contribution in [0.4, 0.5) is 0 Å². The zero-order valence-corrected chi connectivity index (χ0v) is 11.8. The molecule has 0 bridgehead atoms. The van der Waals surface area contributed by atoms with Gasteiger partial charge in [0.2, 0.25) is 0 Å². The molecule has 1 amide bonds. The Morgan fingerprint density at radius 1 is 1.45 bits per heavy atom. The minimum atomic E-state index is 0.0345. The summed E-state index contributed by atoms with van der Waals surface area (Å²) in [5.74, 6) is 0.691. The van der Waals surface area contributed by atoms with Gasteiger partial charge in [-0.15, -0.1) is 0 Å². The zero-order valence-electron chi connectivity index (χ0n) is 11.8. The van der Waals surface area contributed by atoms with Gasteiger partial charge in [0.1, 0.15) is 0 Å². The summed E-state index contributed by atoms with van der Waals surface area (Å²) in [6.45, 7) is 2.39. The Morgan fingerprint density at radius 2 is 2.20 bits per heavy atom. The molecular formula is C16H20N2O2. The summed E-state index contributed by atoms with van der Waals surface area (Å²) in [6.07, 6.45) is 3.14. The van der Waals surface area contributed by atoms with Crippen LogP contribution < -0.4 is 0 Å². The topological polar surface area (TPSA) is 53.3 Å². The van der Waals surface area contributed by atoms with Crippen LogP contribution in [0, 0.1) is 17.2 Å². The first-order valence-electron chi connectivity index (χ1n) is 7.03. The standard InChI is InChI=1S/C16H20N2O2/c1-20-10-7-13-5-8-18(9-6-13)16(19)15-4-2-3-14(11-15)12-17/h2-4,11,13H,5-10H2,1H3. The predicted molar refractivity (Wildman–Crippen MR) is 76.3 cm³/mol. The number of likely N-dealkylation sites (tertiary alicyclic amines) is 1. The number of piperidine rings is 1. The van der Waals surface area contributed by atoms with E-state index in [0.717, 1.165) is 39.0 Å². The lowest BCUT2D eigenvalue weighted by Crippen LogP contribution is -2.38. The average Bonchev–Trinajstić information content (AvgIpc) is 2.52. The number of nitriles is 1. The van der Waals surface area contributed by atoms with Crippen molar-refractivity contribution in [2.45, 2.75) is 19.3 Å². The smallest absolute Gasteiger partial charge is 0.253 e. The highest BCUT2D eigenvalue weighted by Gasteiger charge is 2.23. The van der Waals surface area contributed by atoms with Gasteiger partial charge in [0.15, 0.2) is 0 Å². The first-order chi connectivity index (χ1) is 9.74. The summed E-state index contributed by atoms with van der Waals surface area (Å²) in [4.78, 5) is 14.3. The van der Waals surface area contributed by atoms with Crippen LogP contribution in [0.5, 0.6) is 0 Å². The Bertz CT molecular complexity index is 499. The molecule has 1 aromatic rings. The summed E-state index contributed by atoms with van der Waals surface area (Å²) < 4.78 is 5.10. The summed E-state index contributed by atoms with van der Waals surface area (Å²) >= 11 is 0. The van der Waals surface area contributed by atoms with Crippen LogP contribution in [0.3, 0.4) is 0 Å². The van der Waals surface area contributed by atoms with Gasteiger partial charge in [-0.25, -0.2) is 0 Å². The molecule has 0 atom stereocenters. The summed E-state index contributed by atoms with van der Waals surface area (Å²) in [5.41, 5.74) is 1.14. The van der Waals surface area contributed by atoms with E-state index in [-0.39, 0.29) is 5.91 Å². The van der Waals surface area contributed by atoms with E-state index in [2.05, 4.69) is 6.07 Å². The lowest BCUT2D eigenvalue weighted by Gasteiger charge is -2.32. The van der Waals surface area contributed by atoms with E-state index >= 15 is 0 Å². The van der Waals surface area contributed by atoms with Crippen molar-refractivity contribution in [1.82, 2.24) is 4.90 Å². The van der Waals surface area contributed by atoms with Gasteiger partial charge >= 0.3 is 0 Å². The van der Waals surface area contributed by atoms with Gasteiger partial charge in [0.25, 0.3) is 5.91 Å². The summed E-state index contributed by atoms with van der Waals surface area (Å²) in [6, 6.07) is 8.99. The van der Waals surface area contributed by atoms with Crippen LogP contribution >= 0.6 is 0 Å². The van der Waals surface area contributed by atoms with Crippen LogP contribution in [0.1, 0.15) is 35.2 Å². The normalized spacial score (nSPS) is 15.9. The van der Waals surface area contributed by atoms with Gasteiger partial charge in [-0.05, 0) is 43.4 Å². The van der Waals surface area contributed by atoms with Crippen molar-refractivity contribution in [3.63, 3.8) is 0 Å². The van der Waals surface area contributed by atoms with Crippen molar-refractivity contribution in [3.8, 4) is 6.07 Å². The highest BCUT2D eigenvalue weighted by molar-refractivity contribution is 5.94. The van der Waals surface area contributed by atoms with Crippen LogP contribution in [0.15, 0.2) is 24.3 Å². The van der Waals surface area contributed by atoms with Gasteiger partial charge in [-0.3, -0.25) is 4.79 Å². The second-order valence-corrected chi connectivity index (χ2v) is 5.21. The third kappa shape index (κ3) is 3.58. The Morgan fingerprint density at radius 3 is 2.85 bits per heavy atom. The summed E-state index contributed by atoms with van der Waals surface area (Å²) in [5, 5.41) is 8.88. The van der Waals surface area contributed by atoms with Crippen molar-refractivity contribution in [2.24, 2.45) is 5.92 Å². The molecule has 1 aliphatic heterocycles. The van der Waals surface area contributed by atoms with Crippen LogP contribution in [-0.2, 0) is 4.74 Å². The molecule has 4 heteroatoms. The molecule has 1 aliphatic rings. The Kier molecular flexibility index (Phi) is 5.14. The second-order valence-electron chi connectivity index (χ2n) is 5.21. The minimum absolute atomic E-state index is 0.0345. The van der Waals surface area contributed by atoms with Gasteiger partial charge in [0.05, 0.1) is 11.6 Å². The number of nitrogens with zero attached hydrogens (tertiary/aromatic N) is 2. The monoisotopic (exact) mass is 272 g/mol. The minimum Gasteiger partial charge on any atom is -0.385 e. The molecule has 0 unspecified atom stereocenters. The molecule has 1 saturated heterocycles. The van der Waals surface area contributed by atoms with E-state index in [1.54, 1.807) is 31.4 Å². The fourth-order valence-corrected chi connectivity index (χ4v) is 2.61. The second kappa shape index (κ2) is 7.06. The maximum Gasteiger partial charge on any atom is 0.253 e. The van der Waals surface area contributed by atoms with E-state index in [9.17, 15) is 4.79 Å². The van der Waals surface area contributed by atoms with Crippen LogP contribution in [0.2, 0.25) is 0 Å². The number of carbonyl (C=O) groups is 1. The van der Waals surface area contributed by atoms with E-state index in [1.165, 1.54) is 0 Å². The maximum atomic E-state index is 12.4. The molecule has 0 spiro atoms. The first-order valence-corrected chi connectivity index (χ1v) is 7.03. The molecule has 1 aromatic carbocycles. The third-order valence-corrected chi connectivity index (χ3v) is 3.87. The SMILES string of the molecule is COCCC1CCN(C(=O)c2cccc(C#N)c2)CC1. The molecule has 20 heavy (non-hydrogen) atoms. The number of rotatable bonds is 4. The number of hydrogen-bond acceptors (Lipinski definition) is 3. The molecule has 4 nitrogen and oxygen atoms in total. The fraction of sp³-hybridized carbons (Fsp3) is 0.500. The molecule has 1 fully saturated rings. The lowest BCUT2D eigenvalue weighted by molar-refractivity contribution is 0.0669. The van der Waals surface area contributed by atoms with E-state index in [1.807, 2.05) is 4.90 Å². The van der Waals surface area contributed by atoms with Crippen molar-refractivity contribution in [3.05, 3.63) is 35.4 Å². The van der Waals surface area contributed by atoms with E-state index in [4.69, 9.17) is 10.00 Å². The van der Waals surface area contributed by atoms with E-state index in [0.29, 0.717) is 17.0 Å². The quantitative estimate of drug-likeness (QED) is 0.846. The number of ether oxygens (including phenoxy) is 1. The van der Waals surface area contributed by atoms with Gasteiger partial charge in [0, 0.05) is 32.4 Å². The number of carbonyl (C=O) groups excluding carboxylic acids is 1. The zero-order chi connectivity index (χ0) is 14.4. The highest BCUT2D eigenvalue weighted by atomic mass is 16.5. The third-order valence-electron chi connectivity index (χ3n) is 3.87. The molecular weight excluding hydrogens is 252 g/mol. The molecule has 1 heterocycles. The van der Waals surface area contributed by atoms with Gasteiger partial charge < -0.3 is 9.64 Å². The summed E-state index contributed by atoms with van der Waals surface area (Å²) in [7, 11) is 1.72. The predicted octanol–water partition coefficient (Wildman–Crippen LogP) is 2.45. The number of methoxy groups -OCH3 is 1. The molecule has 106 valence electrons. The number of amides is 1. The number of benzene rings is 1. The maximum absolute atomic E-state index is 12.4. The molecule has 0 saturated carbocycles.